The number of nitrogens with one attached hydrogen (secondary N) is 2. The Bertz CT molecular complexity index is 815. The highest BCUT2D eigenvalue weighted by molar-refractivity contribution is 7.89. The van der Waals surface area contributed by atoms with E-state index in [0.717, 1.165) is 36.8 Å². The molecule has 156 valence electrons. The van der Waals surface area contributed by atoms with Crippen LogP contribution in [-0.4, -0.2) is 51.3 Å². The lowest BCUT2D eigenvalue weighted by atomic mass is 9.87. The Kier molecular flexibility index (Phi) is 7.60. The van der Waals surface area contributed by atoms with Gasteiger partial charge in [0.1, 0.15) is 0 Å². The summed E-state index contributed by atoms with van der Waals surface area (Å²) in [5.74, 6) is 0.00106. The molecule has 2 amide bonds. The molecule has 2 N–H and O–H groups in total. The van der Waals surface area contributed by atoms with Gasteiger partial charge in [-0.25, -0.2) is 13.1 Å². The molecule has 0 radical (unpaired) electrons. The third-order valence-electron chi connectivity index (χ3n) is 5.57. The Balaban J connectivity index is 1.80. The molecule has 0 bridgehead atoms. The lowest BCUT2D eigenvalue weighted by Crippen LogP contribution is -2.46. The Morgan fingerprint density at radius 3 is 2.32 bits per heavy atom. The minimum absolute atomic E-state index is 0.116. The fourth-order valence-corrected chi connectivity index (χ4v) is 4.39. The van der Waals surface area contributed by atoms with Gasteiger partial charge in [-0.05, 0) is 68.7 Å². The van der Waals surface area contributed by atoms with Crippen LogP contribution in [0.5, 0.6) is 0 Å². The molecule has 0 spiro atoms. The van der Waals surface area contributed by atoms with Crippen LogP contribution in [0.1, 0.15) is 43.7 Å². The lowest BCUT2D eigenvalue weighted by molar-refractivity contribution is -0.133. The maximum atomic E-state index is 12.3. The number of hydrogen-bond acceptors (Lipinski definition) is 4. The second-order valence-corrected chi connectivity index (χ2v) is 9.53. The summed E-state index contributed by atoms with van der Waals surface area (Å²) in [5.41, 5.74) is 1.85. The van der Waals surface area contributed by atoms with Crippen molar-refractivity contribution in [2.45, 2.75) is 57.4 Å². The topological polar surface area (TPSA) is 95.6 Å². The first kappa shape index (κ1) is 22.4. The maximum Gasteiger partial charge on any atom is 0.241 e. The Hall–Kier alpha value is -1.93. The van der Waals surface area contributed by atoms with Crippen molar-refractivity contribution in [1.82, 2.24) is 14.9 Å². The molecule has 0 aliphatic heterocycles. The number of sulfonamides is 1. The van der Waals surface area contributed by atoms with Crippen LogP contribution in [0.3, 0.4) is 0 Å². The van der Waals surface area contributed by atoms with Crippen molar-refractivity contribution in [1.29, 1.82) is 0 Å². The predicted molar refractivity (Wildman–Crippen MR) is 108 cm³/mol. The number of nitrogens with zero attached hydrogens (tertiary/aromatic N) is 1. The van der Waals surface area contributed by atoms with Gasteiger partial charge in [-0.1, -0.05) is 13.0 Å². The highest BCUT2D eigenvalue weighted by atomic mass is 32.2. The molecule has 1 aliphatic carbocycles. The predicted octanol–water partition coefficient (Wildman–Crippen LogP) is 1.74. The fourth-order valence-electron chi connectivity index (χ4n) is 3.32. The minimum Gasteiger partial charge on any atom is -0.346 e. The summed E-state index contributed by atoms with van der Waals surface area (Å²) < 4.78 is 26.9. The van der Waals surface area contributed by atoms with Crippen LogP contribution >= 0.6 is 0 Å². The van der Waals surface area contributed by atoms with Crippen LogP contribution in [-0.2, 0) is 19.6 Å². The van der Waals surface area contributed by atoms with Crippen molar-refractivity contribution in [3.05, 3.63) is 29.3 Å². The fraction of sp³-hybridized carbons (Fsp3) is 0.600. The van der Waals surface area contributed by atoms with Gasteiger partial charge in [0, 0.05) is 13.1 Å². The summed E-state index contributed by atoms with van der Waals surface area (Å²) in [6.07, 6.45) is 4.17. The maximum absolute atomic E-state index is 12.3. The average Bonchev–Trinajstić information content (AvgIpc) is 2.66. The molecule has 28 heavy (non-hydrogen) atoms. The molecular formula is C20H31N3O4S. The van der Waals surface area contributed by atoms with Gasteiger partial charge in [0.15, 0.2) is 0 Å². The van der Waals surface area contributed by atoms with Crippen molar-refractivity contribution in [3.63, 3.8) is 0 Å². The first-order chi connectivity index (χ1) is 13.1. The molecule has 0 saturated heterocycles. The van der Waals surface area contributed by atoms with Crippen molar-refractivity contribution >= 4 is 21.8 Å². The van der Waals surface area contributed by atoms with Crippen LogP contribution in [0.4, 0.5) is 0 Å². The van der Waals surface area contributed by atoms with Crippen LogP contribution in [0.25, 0.3) is 0 Å². The number of likely N-dealkylation sites (N-methyl/N-ethyl adjacent to an activating group) is 1. The van der Waals surface area contributed by atoms with E-state index in [2.05, 4.69) is 17.0 Å². The van der Waals surface area contributed by atoms with Gasteiger partial charge < -0.3 is 10.2 Å². The van der Waals surface area contributed by atoms with Crippen LogP contribution < -0.4 is 10.0 Å². The standard InChI is InChI=1S/C20H31N3O4S/c1-14-5-8-17(9-6-14)23(4)20(25)13-21-19(24)12-22-28(26,27)18-10-7-15(2)16(3)11-18/h7,10-11,14,17,22H,5-6,8-9,12-13H2,1-4H3,(H,21,24). The zero-order valence-corrected chi connectivity index (χ0v) is 17.9. The number of hydrogen-bond donors (Lipinski definition) is 2. The van der Waals surface area contributed by atoms with Crippen molar-refractivity contribution in [2.75, 3.05) is 20.1 Å². The molecule has 1 aliphatic rings. The number of aryl methyl sites for hydroxylation is 2. The Morgan fingerprint density at radius 2 is 1.71 bits per heavy atom. The first-order valence-corrected chi connectivity index (χ1v) is 11.2. The molecule has 7 nitrogen and oxygen atoms in total. The summed E-state index contributed by atoms with van der Waals surface area (Å²) in [7, 11) is -2.02. The van der Waals surface area contributed by atoms with E-state index in [4.69, 9.17) is 0 Å². The van der Waals surface area contributed by atoms with Gasteiger partial charge >= 0.3 is 0 Å². The smallest absolute Gasteiger partial charge is 0.241 e. The molecule has 0 aromatic heterocycles. The van der Waals surface area contributed by atoms with Gasteiger partial charge in [-0.2, -0.15) is 0 Å². The van der Waals surface area contributed by atoms with Gasteiger partial charge in [-0.3, -0.25) is 9.59 Å². The van der Waals surface area contributed by atoms with Gasteiger partial charge in [0.25, 0.3) is 0 Å². The summed E-state index contributed by atoms with van der Waals surface area (Å²) >= 11 is 0. The first-order valence-electron chi connectivity index (χ1n) is 9.69. The normalized spacial score (nSPS) is 19.9. The Morgan fingerprint density at radius 1 is 1.07 bits per heavy atom. The number of carbonyl (C=O) groups is 2. The minimum atomic E-state index is -3.78. The average molecular weight is 410 g/mol. The molecule has 1 aromatic rings. The highest BCUT2D eigenvalue weighted by Crippen LogP contribution is 2.26. The van der Waals surface area contributed by atoms with Crippen LogP contribution in [0.2, 0.25) is 0 Å². The van der Waals surface area contributed by atoms with E-state index in [9.17, 15) is 18.0 Å². The SMILES string of the molecule is Cc1ccc(S(=O)(=O)NCC(=O)NCC(=O)N(C)C2CCC(C)CC2)cc1C. The van der Waals surface area contributed by atoms with E-state index in [1.807, 2.05) is 13.8 Å². The molecule has 1 fully saturated rings. The largest absolute Gasteiger partial charge is 0.346 e. The van der Waals surface area contributed by atoms with E-state index in [1.54, 1.807) is 24.1 Å². The molecule has 1 saturated carbocycles. The summed E-state index contributed by atoms with van der Waals surface area (Å²) in [5, 5.41) is 2.50. The van der Waals surface area contributed by atoms with Crippen molar-refractivity contribution < 1.29 is 18.0 Å². The zero-order chi connectivity index (χ0) is 20.9. The third kappa shape index (κ3) is 6.04. The van der Waals surface area contributed by atoms with E-state index in [0.29, 0.717) is 5.92 Å². The number of amides is 2. The molecule has 0 heterocycles. The zero-order valence-electron chi connectivity index (χ0n) is 17.1. The van der Waals surface area contributed by atoms with E-state index in [1.165, 1.54) is 6.07 Å². The number of rotatable bonds is 7. The molecule has 0 unspecified atom stereocenters. The van der Waals surface area contributed by atoms with Gasteiger partial charge in [0.2, 0.25) is 21.8 Å². The summed E-state index contributed by atoms with van der Waals surface area (Å²) in [6.45, 7) is 5.40. The third-order valence-corrected chi connectivity index (χ3v) is 6.97. The quantitative estimate of drug-likeness (QED) is 0.717. The molecule has 8 heteroatoms. The highest BCUT2D eigenvalue weighted by Gasteiger charge is 2.25. The number of carbonyl (C=O) groups excluding carboxylic acids is 2. The Labute approximate surface area is 167 Å². The number of benzene rings is 1. The van der Waals surface area contributed by atoms with Gasteiger partial charge in [-0.15, -0.1) is 0 Å². The van der Waals surface area contributed by atoms with E-state index >= 15 is 0 Å². The summed E-state index contributed by atoms with van der Waals surface area (Å²) in [4.78, 5) is 26.1. The second kappa shape index (κ2) is 9.52. The molecule has 2 rings (SSSR count). The van der Waals surface area contributed by atoms with Crippen molar-refractivity contribution in [3.8, 4) is 0 Å². The van der Waals surface area contributed by atoms with E-state index < -0.39 is 22.5 Å². The van der Waals surface area contributed by atoms with Crippen LogP contribution in [0, 0.1) is 19.8 Å². The molecule has 0 atom stereocenters. The summed E-state index contributed by atoms with van der Waals surface area (Å²) in [6, 6.07) is 5.01. The second-order valence-electron chi connectivity index (χ2n) is 7.77. The molecule has 1 aromatic carbocycles. The monoisotopic (exact) mass is 409 g/mol. The van der Waals surface area contributed by atoms with Crippen molar-refractivity contribution in [2.24, 2.45) is 5.92 Å². The van der Waals surface area contributed by atoms with E-state index in [-0.39, 0.29) is 23.4 Å². The molecular weight excluding hydrogens is 378 g/mol. The van der Waals surface area contributed by atoms with Crippen LogP contribution in [0.15, 0.2) is 23.1 Å². The van der Waals surface area contributed by atoms with Gasteiger partial charge in [0.05, 0.1) is 18.0 Å². The lowest BCUT2D eigenvalue weighted by Gasteiger charge is -2.33.